The van der Waals surface area contributed by atoms with E-state index in [0.29, 0.717) is 28.4 Å². The molecule has 0 bridgehead atoms. The van der Waals surface area contributed by atoms with E-state index in [1.54, 1.807) is 25.3 Å². The van der Waals surface area contributed by atoms with Gasteiger partial charge in [-0.2, -0.15) is 0 Å². The van der Waals surface area contributed by atoms with Gasteiger partial charge in [0, 0.05) is 5.56 Å². The Labute approximate surface area is 186 Å². The van der Waals surface area contributed by atoms with Gasteiger partial charge in [-0.3, -0.25) is 4.79 Å². The van der Waals surface area contributed by atoms with Crippen LogP contribution in [0.4, 0.5) is 5.69 Å². The van der Waals surface area contributed by atoms with Gasteiger partial charge in [-0.05, 0) is 47.7 Å². The topological polar surface area (TPSA) is 116 Å². The van der Waals surface area contributed by atoms with E-state index >= 15 is 0 Å². The van der Waals surface area contributed by atoms with E-state index in [4.69, 9.17) is 14.6 Å². The molecule has 0 spiro atoms. The molecule has 0 fully saturated rings. The molecule has 32 heavy (non-hydrogen) atoms. The molecule has 0 saturated carbocycles. The fraction of sp³-hybridized carbons (Fsp3) is 0.304. The molecule has 1 aromatic heterocycles. The number of aromatic carboxylic acids is 1. The lowest BCUT2D eigenvalue weighted by Gasteiger charge is -2.23. The Morgan fingerprint density at radius 1 is 1.09 bits per heavy atom. The number of anilines is 1. The van der Waals surface area contributed by atoms with Crippen LogP contribution in [0.3, 0.4) is 0 Å². The number of aryl methyl sites for hydroxylation is 1. The minimum absolute atomic E-state index is 0.176. The van der Waals surface area contributed by atoms with Crippen LogP contribution in [0.15, 0.2) is 36.5 Å². The lowest BCUT2D eigenvalue weighted by Crippen LogP contribution is -2.16. The molecule has 1 heterocycles. The number of hydrogen-bond donors (Lipinski definition) is 2. The number of benzene rings is 2. The summed E-state index contributed by atoms with van der Waals surface area (Å²) in [5.41, 5.74) is 2.81. The van der Waals surface area contributed by atoms with Gasteiger partial charge >= 0.3 is 5.97 Å². The number of rotatable bonds is 6. The summed E-state index contributed by atoms with van der Waals surface area (Å²) in [5.74, 6) is -0.606. The minimum atomic E-state index is -1.18. The lowest BCUT2D eigenvalue weighted by molar-refractivity contribution is 0.0690. The maximum Gasteiger partial charge on any atom is 0.358 e. The van der Waals surface area contributed by atoms with Gasteiger partial charge < -0.3 is 19.9 Å². The van der Waals surface area contributed by atoms with Crippen molar-refractivity contribution in [3.8, 4) is 17.2 Å². The summed E-state index contributed by atoms with van der Waals surface area (Å²) < 4.78 is 12.3. The lowest BCUT2D eigenvalue weighted by atomic mass is 9.86. The Morgan fingerprint density at radius 2 is 1.81 bits per heavy atom. The van der Waals surface area contributed by atoms with Gasteiger partial charge in [0.25, 0.3) is 5.91 Å². The Hall–Kier alpha value is -3.88. The maximum atomic E-state index is 13.1. The molecule has 168 valence electrons. The number of amides is 1. The SMILES string of the molecule is COc1cc(C(C)(C)C)cc(NC(=O)c2ccc(C)c(-n3cc(C(=O)O)nn3)c2)c1OC. The second kappa shape index (κ2) is 8.70. The fourth-order valence-electron chi connectivity index (χ4n) is 3.16. The molecular weight excluding hydrogens is 412 g/mol. The van der Waals surface area contributed by atoms with E-state index in [-0.39, 0.29) is 17.0 Å². The number of carbonyl (C=O) groups is 2. The Balaban J connectivity index is 1.99. The maximum absolute atomic E-state index is 13.1. The highest BCUT2D eigenvalue weighted by Gasteiger charge is 2.22. The van der Waals surface area contributed by atoms with Crippen LogP contribution in [0.1, 0.15) is 52.7 Å². The van der Waals surface area contributed by atoms with E-state index in [0.717, 1.165) is 11.1 Å². The first kappa shape index (κ1) is 22.8. The normalized spacial score (nSPS) is 11.2. The molecule has 0 aliphatic heterocycles. The fourth-order valence-corrected chi connectivity index (χ4v) is 3.16. The third-order valence-electron chi connectivity index (χ3n) is 5.02. The zero-order valence-corrected chi connectivity index (χ0v) is 18.9. The summed E-state index contributed by atoms with van der Waals surface area (Å²) in [7, 11) is 3.06. The second-order valence-corrected chi connectivity index (χ2v) is 8.32. The molecule has 0 aliphatic rings. The van der Waals surface area contributed by atoms with Crippen LogP contribution in [-0.4, -0.2) is 46.2 Å². The van der Waals surface area contributed by atoms with E-state index in [9.17, 15) is 9.59 Å². The predicted octanol–water partition coefficient (Wildman–Crippen LogP) is 3.84. The number of ether oxygens (including phenoxy) is 2. The molecule has 0 aliphatic carbocycles. The van der Waals surface area contributed by atoms with Gasteiger partial charge in [-0.1, -0.05) is 32.1 Å². The van der Waals surface area contributed by atoms with Crippen molar-refractivity contribution < 1.29 is 24.2 Å². The van der Waals surface area contributed by atoms with E-state index in [2.05, 4.69) is 36.4 Å². The largest absolute Gasteiger partial charge is 0.493 e. The molecular formula is C23H26N4O5. The predicted molar refractivity (Wildman–Crippen MR) is 119 cm³/mol. The molecule has 2 aromatic carbocycles. The van der Waals surface area contributed by atoms with E-state index in [1.807, 2.05) is 19.1 Å². The number of nitrogens with zero attached hydrogens (tertiary/aromatic N) is 3. The molecule has 0 unspecified atom stereocenters. The first-order valence-electron chi connectivity index (χ1n) is 9.89. The van der Waals surface area contributed by atoms with Crippen molar-refractivity contribution in [2.75, 3.05) is 19.5 Å². The summed E-state index contributed by atoms with van der Waals surface area (Å²) >= 11 is 0. The molecule has 9 heteroatoms. The Morgan fingerprint density at radius 3 is 2.38 bits per heavy atom. The van der Waals surface area contributed by atoms with Crippen LogP contribution in [0.25, 0.3) is 5.69 Å². The summed E-state index contributed by atoms with van der Waals surface area (Å²) in [4.78, 5) is 24.2. The highest BCUT2D eigenvalue weighted by molar-refractivity contribution is 6.05. The van der Waals surface area contributed by atoms with Gasteiger partial charge in [0.2, 0.25) is 0 Å². The first-order chi connectivity index (χ1) is 15.0. The van der Waals surface area contributed by atoms with E-state index in [1.165, 1.54) is 18.0 Å². The van der Waals surface area contributed by atoms with Gasteiger partial charge in [0.15, 0.2) is 17.2 Å². The molecule has 3 rings (SSSR count). The van der Waals surface area contributed by atoms with Crippen LogP contribution < -0.4 is 14.8 Å². The van der Waals surface area contributed by atoms with Gasteiger partial charge in [0.05, 0.1) is 31.8 Å². The molecule has 9 nitrogen and oxygen atoms in total. The van der Waals surface area contributed by atoms with Crippen molar-refractivity contribution in [2.24, 2.45) is 0 Å². The average Bonchev–Trinajstić information content (AvgIpc) is 3.23. The summed E-state index contributed by atoms with van der Waals surface area (Å²) in [6.45, 7) is 8.03. The smallest absolute Gasteiger partial charge is 0.358 e. The van der Waals surface area contributed by atoms with Crippen molar-refractivity contribution in [1.82, 2.24) is 15.0 Å². The quantitative estimate of drug-likeness (QED) is 0.601. The number of nitrogens with one attached hydrogen (secondary N) is 1. The third kappa shape index (κ3) is 4.56. The van der Waals surface area contributed by atoms with Crippen molar-refractivity contribution >= 4 is 17.6 Å². The van der Waals surface area contributed by atoms with Crippen LogP contribution in [0, 0.1) is 6.92 Å². The van der Waals surface area contributed by atoms with Crippen molar-refractivity contribution in [2.45, 2.75) is 33.1 Å². The monoisotopic (exact) mass is 438 g/mol. The first-order valence-corrected chi connectivity index (χ1v) is 9.89. The molecule has 3 aromatic rings. The minimum Gasteiger partial charge on any atom is -0.493 e. The zero-order chi connectivity index (χ0) is 23.6. The number of carboxylic acids is 1. The molecule has 0 saturated heterocycles. The number of hydrogen-bond acceptors (Lipinski definition) is 6. The van der Waals surface area contributed by atoms with Crippen LogP contribution in [0.5, 0.6) is 11.5 Å². The zero-order valence-electron chi connectivity index (χ0n) is 18.9. The number of carboxylic acid groups (broad SMARTS) is 1. The molecule has 2 N–H and O–H groups in total. The second-order valence-electron chi connectivity index (χ2n) is 8.32. The van der Waals surface area contributed by atoms with Crippen LogP contribution in [-0.2, 0) is 5.41 Å². The summed E-state index contributed by atoms with van der Waals surface area (Å²) in [6.07, 6.45) is 1.30. The Bertz CT molecular complexity index is 1180. The number of methoxy groups -OCH3 is 2. The molecule has 0 atom stereocenters. The Kier molecular flexibility index (Phi) is 6.20. The van der Waals surface area contributed by atoms with Crippen LogP contribution in [0.2, 0.25) is 0 Å². The number of aromatic nitrogens is 3. The van der Waals surface area contributed by atoms with E-state index < -0.39 is 5.97 Å². The van der Waals surface area contributed by atoms with Crippen LogP contribution >= 0.6 is 0 Å². The number of carbonyl (C=O) groups excluding carboxylic acids is 1. The average molecular weight is 438 g/mol. The van der Waals surface area contributed by atoms with Gasteiger partial charge in [-0.25, -0.2) is 9.48 Å². The highest BCUT2D eigenvalue weighted by Crippen LogP contribution is 2.40. The standard InChI is InChI=1S/C23H26N4O5/c1-13-7-8-14(9-18(13)27-12-17(22(29)30)25-26-27)21(28)24-16-10-15(23(2,3)4)11-19(31-5)20(16)32-6/h7-12H,1-6H3,(H,24,28)(H,29,30). The van der Waals surface area contributed by atoms with Gasteiger partial charge in [-0.15, -0.1) is 5.10 Å². The van der Waals surface area contributed by atoms with Crippen molar-refractivity contribution in [3.63, 3.8) is 0 Å². The highest BCUT2D eigenvalue weighted by atomic mass is 16.5. The molecule has 1 amide bonds. The summed E-state index contributed by atoms with van der Waals surface area (Å²) in [5, 5.41) is 19.5. The summed E-state index contributed by atoms with van der Waals surface area (Å²) in [6, 6.07) is 8.83. The molecule has 0 radical (unpaired) electrons. The third-order valence-corrected chi connectivity index (χ3v) is 5.02. The van der Waals surface area contributed by atoms with Gasteiger partial charge in [0.1, 0.15) is 0 Å². The van der Waals surface area contributed by atoms with Crippen molar-refractivity contribution in [1.29, 1.82) is 0 Å². The van der Waals surface area contributed by atoms with Crippen molar-refractivity contribution in [3.05, 3.63) is 58.9 Å².